The van der Waals surface area contributed by atoms with Crippen molar-refractivity contribution in [1.82, 2.24) is 14.7 Å². The smallest absolute Gasteiger partial charge is 0.369 e. The molecule has 1 rings (SSSR count). The van der Waals surface area contributed by atoms with Gasteiger partial charge in [-0.05, 0) is 32.9 Å². The zero-order chi connectivity index (χ0) is 21.0. The Bertz CT molecular complexity index is 732. The molecule has 0 aliphatic rings. The average Bonchev–Trinajstić information content (AvgIpc) is 2.79. The second-order valence-electron chi connectivity index (χ2n) is 6.29. The van der Waals surface area contributed by atoms with Gasteiger partial charge in [0.1, 0.15) is 0 Å². The molecule has 0 radical (unpaired) electrons. The van der Waals surface area contributed by atoms with Crippen molar-refractivity contribution in [2.24, 2.45) is 0 Å². The topological polar surface area (TPSA) is 194 Å². The van der Waals surface area contributed by atoms with Gasteiger partial charge in [-0.1, -0.05) is 0 Å². The van der Waals surface area contributed by atoms with E-state index in [4.69, 9.17) is 24.7 Å². The Morgan fingerprint density at radius 3 is 2.15 bits per heavy atom. The highest BCUT2D eigenvalue weighted by atomic mass is 31.2. The van der Waals surface area contributed by atoms with E-state index in [1.165, 1.54) is 4.90 Å². The number of aliphatic hydroxyl groups is 1. The lowest BCUT2D eigenvalue weighted by Crippen LogP contribution is -2.35. The van der Waals surface area contributed by atoms with Crippen LogP contribution in [0.2, 0.25) is 0 Å². The van der Waals surface area contributed by atoms with Gasteiger partial charge in [-0.3, -0.25) is 23.5 Å². The third-order valence-electron chi connectivity index (χ3n) is 4.01. The Hall–Kier alpha value is -1.10. The van der Waals surface area contributed by atoms with Gasteiger partial charge in [0.05, 0.1) is 18.8 Å². The van der Waals surface area contributed by atoms with Crippen molar-refractivity contribution in [2.45, 2.75) is 38.3 Å². The summed E-state index contributed by atoms with van der Waals surface area (Å²) in [7, 11) is -11.0. The van der Waals surface area contributed by atoms with Gasteiger partial charge >= 0.3 is 21.2 Å². The number of hydrogen-bond acceptors (Lipinski definition) is 6. The number of carbonyl (C=O) groups is 1. The zero-order valence-electron chi connectivity index (χ0n) is 15.0. The molecule has 14 heteroatoms. The first-order valence-corrected chi connectivity index (χ1v) is 11.2. The molecular formula is C13H25N3O9P2. The maximum Gasteiger partial charge on any atom is 0.369 e. The van der Waals surface area contributed by atoms with Crippen LogP contribution in [-0.2, 0) is 20.5 Å². The van der Waals surface area contributed by atoms with Crippen molar-refractivity contribution in [3.05, 3.63) is 17.5 Å². The van der Waals surface area contributed by atoms with Crippen molar-refractivity contribution in [2.75, 3.05) is 19.6 Å². The molecule has 0 bridgehead atoms. The number of hydrogen-bond donors (Lipinski definition) is 6. The summed E-state index contributed by atoms with van der Waals surface area (Å²) in [5.74, 6) is -1.14. The summed E-state index contributed by atoms with van der Waals surface area (Å²) in [6.07, 6.45) is -1.13. The van der Waals surface area contributed by atoms with Gasteiger partial charge in [0.25, 0.3) is 5.08 Å². The van der Waals surface area contributed by atoms with E-state index in [2.05, 4.69) is 5.10 Å². The highest BCUT2D eigenvalue weighted by molar-refractivity contribution is 7.72. The predicted octanol–water partition coefficient (Wildman–Crippen LogP) is -0.332. The minimum Gasteiger partial charge on any atom is -0.480 e. The quantitative estimate of drug-likeness (QED) is 0.252. The van der Waals surface area contributed by atoms with E-state index in [0.29, 0.717) is 6.54 Å². The number of aliphatic carboxylic acids is 1. The van der Waals surface area contributed by atoms with Crippen LogP contribution in [-0.4, -0.2) is 75.2 Å². The van der Waals surface area contributed by atoms with Gasteiger partial charge in [-0.25, -0.2) is 0 Å². The molecule has 156 valence electrons. The third kappa shape index (κ3) is 6.48. The molecule has 27 heavy (non-hydrogen) atoms. The van der Waals surface area contributed by atoms with E-state index in [-0.39, 0.29) is 26.1 Å². The van der Waals surface area contributed by atoms with E-state index < -0.39 is 32.7 Å². The Kier molecular flexibility index (Phi) is 7.92. The van der Waals surface area contributed by atoms with E-state index in [9.17, 15) is 19.0 Å². The summed E-state index contributed by atoms with van der Waals surface area (Å²) in [5, 5.41) is 19.6. The second kappa shape index (κ2) is 8.93. The van der Waals surface area contributed by atoms with Crippen LogP contribution in [0.5, 0.6) is 0 Å². The van der Waals surface area contributed by atoms with Crippen molar-refractivity contribution in [3.63, 3.8) is 0 Å². The summed E-state index contributed by atoms with van der Waals surface area (Å²) in [6.45, 7) is 3.80. The summed E-state index contributed by atoms with van der Waals surface area (Å²) in [5.41, 5.74) is 1.67. The Morgan fingerprint density at radius 2 is 1.74 bits per heavy atom. The van der Waals surface area contributed by atoms with Gasteiger partial charge in [-0.2, -0.15) is 5.10 Å². The predicted molar refractivity (Wildman–Crippen MR) is 94.0 cm³/mol. The number of aromatic nitrogens is 2. The summed E-state index contributed by atoms with van der Waals surface area (Å²) < 4.78 is 24.3. The molecule has 0 saturated heterocycles. The summed E-state index contributed by atoms with van der Waals surface area (Å²) >= 11 is 0. The van der Waals surface area contributed by atoms with Crippen LogP contribution in [0.25, 0.3) is 0 Å². The molecule has 0 fully saturated rings. The lowest BCUT2D eigenvalue weighted by atomic mass is 10.3. The monoisotopic (exact) mass is 429 g/mol. The standard InChI is InChI=1S/C13H25N3O9P2/c1-10-8-11(2)16(14-10)7-6-15(9-12(17)18)5-3-4-13(19,26(20,21)22)27(23,24)25/h8,19H,3-7,9H2,1-2H3,(H,17,18)(H2,20,21,22)(H2,23,24,25). The number of carboxylic acid groups (broad SMARTS) is 1. The highest BCUT2D eigenvalue weighted by Gasteiger charge is 2.58. The number of aryl methyl sites for hydroxylation is 2. The summed E-state index contributed by atoms with van der Waals surface area (Å²) in [4.78, 5) is 48.9. The largest absolute Gasteiger partial charge is 0.480 e. The van der Waals surface area contributed by atoms with E-state index in [1.807, 2.05) is 19.9 Å². The van der Waals surface area contributed by atoms with E-state index in [0.717, 1.165) is 11.4 Å². The fraction of sp³-hybridized carbons (Fsp3) is 0.692. The minimum atomic E-state index is -5.52. The first-order valence-electron chi connectivity index (χ1n) is 7.96. The van der Waals surface area contributed by atoms with Crippen LogP contribution in [0.3, 0.4) is 0 Å². The summed E-state index contributed by atoms with van der Waals surface area (Å²) in [6, 6.07) is 1.85. The molecule has 0 aromatic carbocycles. The van der Waals surface area contributed by atoms with Crippen LogP contribution < -0.4 is 0 Å². The third-order valence-corrected chi connectivity index (χ3v) is 7.89. The molecule has 0 aliphatic heterocycles. The van der Waals surface area contributed by atoms with Crippen LogP contribution >= 0.6 is 15.2 Å². The van der Waals surface area contributed by atoms with E-state index >= 15 is 0 Å². The van der Waals surface area contributed by atoms with Crippen LogP contribution in [0.4, 0.5) is 0 Å². The van der Waals surface area contributed by atoms with Crippen molar-refractivity contribution >= 4 is 21.2 Å². The highest BCUT2D eigenvalue weighted by Crippen LogP contribution is 2.69. The van der Waals surface area contributed by atoms with Gasteiger partial charge in [-0.15, -0.1) is 0 Å². The maximum absolute atomic E-state index is 11.3. The number of rotatable bonds is 11. The lowest BCUT2D eigenvalue weighted by molar-refractivity contribution is -0.138. The van der Waals surface area contributed by atoms with Gasteiger partial charge in [0, 0.05) is 18.7 Å². The SMILES string of the molecule is Cc1cc(C)n(CCN(CCCC(O)(P(=O)(O)O)P(=O)(O)O)CC(=O)O)n1. The molecule has 0 spiro atoms. The molecule has 1 aromatic rings. The maximum atomic E-state index is 11.3. The van der Waals surface area contributed by atoms with Gasteiger partial charge in [0.2, 0.25) is 0 Å². The van der Waals surface area contributed by atoms with Crippen molar-refractivity contribution in [3.8, 4) is 0 Å². The van der Waals surface area contributed by atoms with Crippen molar-refractivity contribution in [1.29, 1.82) is 0 Å². The minimum absolute atomic E-state index is 0.0477. The molecule has 0 unspecified atom stereocenters. The molecule has 12 nitrogen and oxygen atoms in total. The molecule has 1 heterocycles. The molecule has 0 aliphatic carbocycles. The van der Waals surface area contributed by atoms with Crippen LogP contribution in [0.1, 0.15) is 24.2 Å². The van der Waals surface area contributed by atoms with Crippen LogP contribution in [0.15, 0.2) is 6.07 Å². The van der Waals surface area contributed by atoms with Crippen LogP contribution in [0, 0.1) is 13.8 Å². The lowest BCUT2D eigenvalue weighted by Gasteiger charge is -2.30. The molecular weight excluding hydrogens is 404 g/mol. The Labute approximate surface area is 155 Å². The second-order valence-corrected chi connectivity index (χ2v) is 10.3. The number of carboxylic acids is 1. The van der Waals surface area contributed by atoms with E-state index in [1.54, 1.807) is 4.68 Å². The Balaban J connectivity index is 2.77. The fourth-order valence-corrected chi connectivity index (χ4v) is 4.86. The molecule has 0 amide bonds. The molecule has 1 aromatic heterocycles. The Morgan fingerprint density at radius 1 is 1.19 bits per heavy atom. The van der Waals surface area contributed by atoms with Gasteiger partial charge in [0.15, 0.2) is 0 Å². The molecule has 0 atom stereocenters. The van der Waals surface area contributed by atoms with Gasteiger partial charge < -0.3 is 29.8 Å². The van der Waals surface area contributed by atoms with Crippen molar-refractivity contribution < 1.29 is 43.7 Å². The fourth-order valence-electron chi connectivity index (χ4n) is 2.60. The average molecular weight is 429 g/mol. The molecule has 6 N–H and O–H groups in total. The normalized spacial score (nSPS) is 13.3. The zero-order valence-corrected chi connectivity index (χ0v) is 16.8. The first kappa shape index (κ1) is 23.9. The first-order chi connectivity index (χ1) is 12.2. The molecule has 0 saturated carbocycles. The number of nitrogens with zero attached hydrogens (tertiary/aromatic N) is 3.